The van der Waals surface area contributed by atoms with Crippen LogP contribution in [-0.4, -0.2) is 6.04 Å². The van der Waals surface area contributed by atoms with E-state index in [2.05, 4.69) is 20.8 Å². The summed E-state index contributed by atoms with van der Waals surface area (Å²) in [6.07, 6.45) is 18.1. The van der Waals surface area contributed by atoms with Gasteiger partial charge in [-0.25, -0.2) is 0 Å². The van der Waals surface area contributed by atoms with Gasteiger partial charge in [-0.05, 0) is 30.6 Å². The molecule has 1 saturated carbocycles. The van der Waals surface area contributed by atoms with Gasteiger partial charge in [0.2, 0.25) is 0 Å². The van der Waals surface area contributed by atoms with Crippen molar-refractivity contribution < 1.29 is 0 Å². The third kappa shape index (κ3) is 6.61. The van der Waals surface area contributed by atoms with E-state index in [9.17, 15) is 0 Å². The molecule has 0 aliphatic heterocycles. The van der Waals surface area contributed by atoms with Gasteiger partial charge >= 0.3 is 0 Å². The first kappa shape index (κ1) is 18.0. The van der Waals surface area contributed by atoms with Crippen LogP contribution in [0, 0.1) is 11.3 Å². The maximum Gasteiger partial charge on any atom is 0.00722 e. The van der Waals surface area contributed by atoms with Gasteiger partial charge in [0.1, 0.15) is 0 Å². The zero-order chi connectivity index (χ0) is 14.8. The Bertz CT molecular complexity index is 234. The van der Waals surface area contributed by atoms with Gasteiger partial charge in [0.05, 0.1) is 0 Å². The monoisotopic (exact) mass is 281 g/mol. The van der Waals surface area contributed by atoms with Gasteiger partial charge in [0.25, 0.3) is 0 Å². The maximum absolute atomic E-state index is 6.50. The van der Waals surface area contributed by atoms with Crippen LogP contribution in [0.15, 0.2) is 0 Å². The van der Waals surface area contributed by atoms with Crippen LogP contribution in [0.1, 0.15) is 104 Å². The Morgan fingerprint density at radius 2 is 1.55 bits per heavy atom. The fourth-order valence-electron chi connectivity index (χ4n) is 4.03. The Labute approximate surface area is 128 Å². The van der Waals surface area contributed by atoms with E-state index < -0.39 is 0 Å². The predicted molar refractivity (Wildman–Crippen MR) is 90.9 cm³/mol. The van der Waals surface area contributed by atoms with E-state index in [4.69, 9.17) is 5.73 Å². The molecule has 1 aliphatic carbocycles. The summed E-state index contributed by atoms with van der Waals surface area (Å²) < 4.78 is 0. The highest BCUT2D eigenvalue weighted by molar-refractivity contribution is 4.88. The van der Waals surface area contributed by atoms with Crippen LogP contribution in [0.25, 0.3) is 0 Å². The molecule has 1 aliphatic rings. The molecule has 0 heterocycles. The second kappa shape index (κ2) is 9.82. The second-order valence-corrected chi connectivity index (χ2v) is 7.77. The molecule has 2 atom stereocenters. The van der Waals surface area contributed by atoms with Gasteiger partial charge in [-0.15, -0.1) is 0 Å². The number of rotatable bonds is 10. The molecule has 1 heteroatoms. The van der Waals surface area contributed by atoms with Crippen LogP contribution in [-0.2, 0) is 0 Å². The molecule has 0 spiro atoms. The molecule has 1 fully saturated rings. The summed E-state index contributed by atoms with van der Waals surface area (Å²) in [5, 5.41) is 0. The van der Waals surface area contributed by atoms with Crippen LogP contribution in [0.5, 0.6) is 0 Å². The summed E-state index contributed by atoms with van der Waals surface area (Å²) >= 11 is 0. The minimum atomic E-state index is 0.449. The molecule has 0 aromatic carbocycles. The largest absolute Gasteiger partial charge is 0.327 e. The molecule has 2 unspecified atom stereocenters. The molecular weight excluding hydrogens is 242 g/mol. The van der Waals surface area contributed by atoms with Gasteiger partial charge in [-0.3, -0.25) is 0 Å². The molecule has 0 radical (unpaired) electrons. The van der Waals surface area contributed by atoms with Crippen molar-refractivity contribution in [2.24, 2.45) is 17.1 Å². The van der Waals surface area contributed by atoms with Crippen molar-refractivity contribution >= 4 is 0 Å². The first-order valence-electron chi connectivity index (χ1n) is 9.33. The highest BCUT2D eigenvalue weighted by Gasteiger charge is 2.35. The normalized spacial score (nSPS) is 23.7. The van der Waals surface area contributed by atoms with Crippen molar-refractivity contribution in [3.8, 4) is 0 Å². The van der Waals surface area contributed by atoms with Crippen LogP contribution >= 0.6 is 0 Å². The van der Waals surface area contributed by atoms with E-state index in [-0.39, 0.29) is 0 Å². The zero-order valence-electron chi connectivity index (χ0n) is 14.4. The number of nitrogens with two attached hydrogens (primary N) is 1. The fraction of sp³-hybridized carbons (Fsp3) is 1.00. The predicted octanol–water partition coefficient (Wildman–Crippen LogP) is 6.06. The molecule has 0 aromatic rings. The summed E-state index contributed by atoms with van der Waals surface area (Å²) in [5.41, 5.74) is 6.99. The average Bonchev–Trinajstić information content (AvgIpc) is 2.41. The molecular formula is C19H39N. The van der Waals surface area contributed by atoms with Gasteiger partial charge in [-0.2, -0.15) is 0 Å². The van der Waals surface area contributed by atoms with E-state index in [1.807, 2.05) is 0 Å². The van der Waals surface area contributed by atoms with E-state index in [0.29, 0.717) is 11.5 Å². The standard InChI is InChI=1S/C19H39N/c1-4-5-6-7-8-9-10-11-15-18(20)17-14-12-13-16-19(17,2)3/h17-18H,4-16,20H2,1-3H3. The summed E-state index contributed by atoms with van der Waals surface area (Å²) in [4.78, 5) is 0. The van der Waals surface area contributed by atoms with Crippen LogP contribution in [0.2, 0.25) is 0 Å². The minimum Gasteiger partial charge on any atom is -0.327 e. The molecule has 0 bridgehead atoms. The highest BCUT2D eigenvalue weighted by atomic mass is 14.7. The summed E-state index contributed by atoms with van der Waals surface area (Å²) in [7, 11) is 0. The molecule has 0 saturated heterocycles. The molecule has 0 aromatic heterocycles. The first-order chi connectivity index (χ1) is 9.58. The summed E-state index contributed by atoms with van der Waals surface area (Å²) in [6.45, 7) is 7.16. The maximum atomic E-state index is 6.50. The van der Waals surface area contributed by atoms with Crippen LogP contribution in [0.3, 0.4) is 0 Å². The van der Waals surface area contributed by atoms with Gasteiger partial charge in [0, 0.05) is 6.04 Å². The van der Waals surface area contributed by atoms with Crippen molar-refractivity contribution in [1.29, 1.82) is 0 Å². The molecule has 1 rings (SSSR count). The highest BCUT2D eigenvalue weighted by Crippen LogP contribution is 2.42. The van der Waals surface area contributed by atoms with Crippen LogP contribution < -0.4 is 5.73 Å². The average molecular weight is 282 g/mol. The Morgan fingerprint density at radius 1 is 0.950 bits per heavy atom. The minimum absolute atomic E-state index is 0.449. The van der Waals surface area contributed by atoms with Crippen molar-refractivity contribution in [2.45, 2.75) is 110 Å². The fourth-order valence-corrected chi connectivity index (χ4v) is 4.03. The van der Waals surface area contributed by atoms with E-state index >= 15 is 0 Å². The topological polar surface area (TPSA) is 26.0 Å². The summed E-state index contributed by atoms with van der Waals surface area (Å²) in [5.74, 6) is 0.765. The van der Waals surface area contributed by atoms with E-state index in [1.165, 1.54) is 83.5 Å². The molecule has 2 N–H and O–H groups in total. The lowest BCUT2D eigenvalue weighted by Crippen LogP contribution is -2.41. The SMILES string of the molecule is CCCCCCCCCCC(N)C1CCCCC1(C)C. The third-order valence-electron chi connectivity index (χ3n) is 5.50. The number of hydrogen-bond acceptors (Lipinski definition) is 1. The number of unbranched alkanes of at least 4 members (excludes halogenated alkanes) is 7. The molecule has 120 valence electrons. The van der Waals surface area contributed by atoms with Crippen molar-refractivity contribution in [3.63, 3.8) is 0 Å². The number of hydrogen-bond donors (Lipinski definition) is 1. The van der Waals surface area contributed by atoms with E-state index in [1.54, 1.807) is 0 Å². The molecule has 1 nitrogen and oxygen atoms in total. The quantitative estimate of drug-likeness (QED) is 0.484. The van der Waals surface area contributed by atoms with Gasteiger partial charge < -0.3 is 5.73 Å². The smallest absolute Gasteiger partial charge is 0.00722 e. The van der Waals surface area contributed by atoms with Crippen LogP contribution in [0.4, 0.5) is 0 Å². The Hall–Kier alpha value is -0.0400. The van der Waals surface area contributed by atoms with E-state index in [0.717, 1.165) is 5.92 Å². The lowest BCUT2D eigenvalue weighted by molar-refractivity contribution is 0.108. The lowest BCUT2D eigenvalue weighted by Gasteiger charge is -2.42. The molecule has 0 amide bonds. The summed E-state index contributed by atoms with van der Waals surface area (Å²) in [6, 6.07) is 0.449. The first-order valence-corrected chi connectivity index (χ1v) is 9.33. The second-order valence-electron chi connectivity index (χ2n) is 7.77. The van der Waals surface area contributed by atoms with Crippen molar-refractivity contribution in [3.05, 3.63) is 0 Å². The lowest BCUT2D eigenvalue weighted by atomic mass is 9.65. The Morgan fingerprint density at radius 3 is 2.15 bits per heavy atom. The van der Waals surface area contributed by atoms with Gasteiger partial charge in [0.15, 0.2) is 0 Å². The zero-order valence-corrected chi connectivity index (χ0v) is 14.4. The Kier molecular flexibility index (Phi) is 8.84. The van der Waals surface area contributed by atoms with Crippen molar-refractivity contribution in [1.82, 2.24) is 0 Å². The van der Waals surface area contributed by atoms with Crippen molar-refractivity contribution in [2.75, 3.05) is 0 Å². The Balaban J connectivity index is 2.06. The molecule has 20 heavy (non-hydrogen) atoms. The third-order valence-corrected chi connectivity index (χ3v) is 5.50. The van der Waals surface area contributed by atoms with Gasteiger partial charge in [-0.1, -0.05) is 85.0 Å².